The number of hydrogen-bond donors (Lipinski definition) is 2. The van der Waals surface area contributed by atoms with E-state index in [4.69, 9.17) is 4.74 Å². The van der Waals surface area contributed by atoms with Crippen molar-refractivity contribution in [2.75, 3.05) is 31.6 Å². The number of morpholine rings is 1. The third kappa shape index (κ3) is 3.98. The van der Waals surface area contributed by atoms with Gasteiger partial charge in [-0.05, 0) is 12.1 Å². The molecule has 1 aromatic rings. The van der Waals surface area contributed by atoms with Gasteiger partial charge in [0.25, 0.3) is 0 Å². The molecule has 2 rings (SSSR count). The maximum atomic E-state index is 11.2. The van der Waals surface area contributed by atoms with Gasteiger partial charge in [-0.15, -0.1) is 0 Å². The first-order valence-electron chi connectivity index (χ1n) is 6.12. The monoisotopic (exact) mass is 270 g/mol. The predicted octanol–water partition coefficient (Wildman–Crippen LogP) is -2.41. The number of rotatable bonds is 3. The highest BCUT2D eigenvalue weighted by atomic mass is 35.5. The van der Waals surface area contributed by atoms with E-state index in [1.54, 1.807) is 0 Å². The highest BCUT2D eigenvalue weighted by Gasteiger charge is 2.16. The molecule has 5 heteroatoms. The van der Waals surface area contributed by atoms with Gasteiger partial charge >= 0.3 is 0 Å². The summed E-state index contributed by atoms with van der Waals surface area (Å²) < 4.78 is 5.33. The van der Waals surface area contributed by atoms with Crippen LogP contribution in [0.2, 0.25) is 0 Å². The number of halogens is 1. The summed E-state index contributed by atoms with van der Waals surface area (Å²) in [5, 5.41) is 2.85. The Morgan fingerprint density at radius 2 is 1.89 bits per heavy atom. The van der Waals surface area contributed by atoms with Crippen LogP contribution >= 0.6 is 0 Å². The molecule has 1 aliphatic heterocycles. The Bertz CT molecular complexity index is 375. The van der Waals surface area contributed by atoms with Crippen LogP contribution in [0, 0.1) is 0 Å². The fourth-order valence-corrected chi connectivity index (χ4v) is 1.95. The molecule has 0 atom stereocenters. The Kier molecular flexibility index (Phi) is 6.12. The third-order valence-electron chi connectivity index (χ3n) is 2.99. The molecule has 4 nitrogen and oxygen atoms in total. The van der Waals surface area contributed by atoms with Crippen molar-refractivity contribution in [3.05, 3.63) is 24.3 Å². The molecule has 0 aliphatic carbocycles. The quantitative estimate of drug-likeness (QED) is 0.642. The number of anilines is 1. The molecule has 1 amide bonds. The van der Waals surface area contributed by atoms with Crippen molar-refractivity contribution in [2.24, 2.45) is 0 Å². The first-order valence-corrected chi connectivity index (χ1v) is 6.12. The molecule has 18 heavy (non-hydrogen) atoms. The van der Waals surface area contributed by atoms with E-state index in [1.165, 1.54) is 10.6 Å². The van der Waals surface area contributed by atoms with Gasteiger partial charge in [0.1, 0.15) is 18.8 Å². The van der Waals surface area contributed by atoms with Crippen molar-refractivity contribution in [2.45, 2.75) is 13.3 Å². The molecule has 2 N–H and O–H groups in total. The predicted molar refractivity (Wildman–Crippen MR) is 66.5 cm³/mol. The zero-order valence-corrected chi connectivity index (χ0v) is 11.3. The zero-order chi connectivity index (χ0) is 12.1. The van der Waals surface area contributed by atoms with Gasteiger partial charge in [-0.3, -0.25) is 9.69 Å². The second-order valence-corrected chi connectivity index (χ2v) is 4.20. The summed E-state index contributed by atoms with van der Waals surface area (Å²) >= 11 is 0. The summed E-state index contributed by atoms with van der Waals surface area (Å²) in [6.45, 7) is 5.52. The highest BCUT2D eigenvalue weighted by Crippen LogP contribution is 2.11. The topological polar surface area (TPSA) is 42.8 Å². The maximum absolute atomic E-state index is 11.2. The van der Waals surface area contributed by atoms with Gasteiger partial charge in [0.15, 0.2) is 0 Å². The molecule has 0 saturated carbocycles. The van der Waals surface area contributed by atoms with Gasteiger partial charge in [-0.25, -0.2) is 0 Å². The number of nitrogens with one attached hydrogen (secondary N) is 2. The van der Waals surface area contributed by atoms with Gasteiger partial charge in [0, 0.05) is 24.2 Å². The average molecular weight is 271 g/mol. The van der Waals surface area contributed by atoms with E-state index in [2.05, 4.69) is 17.4 Å². The van der Waals surface area contributed by atoms with Crippen molar-refractivity contribution >= 4 is 17.3 Å². The van der Waals surface area contributed by atoms with Gasteiger partial charge < -0.3 is 22.5 Å². The summed E-state index contributed by atoms with van der Waals surface area (Å²) in [7, 11) is 0. The smallest absolute Gasteiger partial charge is 0.224 e. The van der Waals surface area contributed by atoms with Crippen LogP contribution in [0.25, 0.3) is 0 Å². The zero-order valence-electron chi connectivity index (χ0n) is 10.5. The molecular formula is C13H19ClN2O2. The number of ether oxygens (including phenoxy) is 1. The lowest BCUT2D eigenvalue weighted by Gasteiger charge is -2.23. The Hall–Kier alpha value is -1.10. The van der Waals surface area contributed by atoms with Crippen LogP contribution in [0.3, 0.4) is 0 Å². The van der Waals surface area contributed by atoms with Crippen molar-refractivity contribution in [3.8, 4) is 0 Å². The van der Waals surface area contributed by atoms with E-state index in [0.29, 0.717) is 6.42 Å². The molecule has 1 saturated heterocycles. The maximum Gasteiger partial charge on any atom is 0.224 e. The Morgan fingerprint density at radius 3 is 2.44 bits per heavy atom. The fraction of sp³-hybridized carbons (Fsp3) is 0.462. The molecule has 0 bridgehead atoms. The average Bonchev–Trinajstić information content (AvgIpc) is 2.40. The summed E-state index contributed by atoms with van der Waals surface area (Å²) in [6, 6.07) is 8.08. The number of benzene rings is 1. The van der Waals surface area contributed by atoms with Crippen molar-refractivity contribution in [3.63, 3.8) is 0 Å². The van der Waals surface area contributed by atoms with Crippen molar-refractivity contribution in [1.82, 2.24) is 0 Å². The van der Waals surface area contributed by atoms with E-state index in [1.807, 2.05) is 19.1 Å². The molecule has 0 aromatic heterocycles. The molecule has 0 radical (unpaired) electrons. The molecule has 100 valence electrons. The van der Waals surface area contributed by atoms with Crippen LogP contribution in [-0.4, -0.2) is 32.2 Å². The van der Waals surface area contributed by atoms with Crippen LogP contribution in [0.1, 0.15) is 13.3 Å². The second-order valence-electron chi connectivity index (χ2n) is 4.20. The van der Waals surface area contributed by atoms with Gasteiger partial charge in [-0.2, -0.15) is 0 Å². The number of quaternary nitrogens is 1. The van der Waals surface area contributed by atoms with E-state index in [0.717, 1.165) is 32.0 Å². The Balaban J connectivity index is 0.00000162. The van der Waals surface area contributed by atoms with Crippen molar-refractivity contribution in [1.29, 1.82) is 0 Å². The van der Waals surface area contributed by atoms with Crippen LogP contribution in [-0.2, 0) is 9.53 Å². The number of carbonyl (C=O) groups excluding carboxylic acids is 1. The number of hydrogen-bond acceptors (Lipinski definition) is 2. The molecule has 1 fully saturated rings. The van der Waals surface area contributed by atoms with Crippen molar-refractivity contribution < 1.29 is 26.8 Å². The molecule has 0 unspecified atom stereocenters. The molecule has 1 aromatic carbocycles. The lowest BCUT2D eigenvalue weighted by Crippen LogP contribution is -3.09. The van der Waals surface area contributed by atoms with E-state index in [9.17, 15) is 4.79 Å². The summed E-state index contributed by atoms with van der Waals surface area (Å²) in [5.74, 6) is 0.0523. The SMILES string of the molecule is CCC(=O)Nc1ccc([NH+]2CCOCC2)cc1.[Cl-]. The lowest BCUT2D eigenvalue weighted by molar-refractivity contribution is -0.842. The summed E-state index contributed by atoms with van der Waals surface area (Å²) in [5.41, 5.74) is 2.14. The minimum Gasteiger partial charge on any atom is -1.00 e. The molecule has 0 spiro atoms. The third-order valence-corrected chi connectivity index (χ3v) is 2.99. The Morgan fingerprint density at radius 1 is 1.28 bits per heavy atom. The molecule has 1 heterocycles. The second kappa shape index (κ2) is 7.36. The summed E-state index contributed by atoms with van der Waals surface area (Å²) in [4.78, 5) is 12.7. The number of carbonyl (C=O) groups is 1. The van der Waals surface area contributed by atoms with Crippen LogP contribution in [0.5, 0.6) is 0 Å². The minimum atomic E-state index is 0. The van der Waals surface area contributed by atoms with Crippen LogP contribution in [0.15, 0.2) is 24.3 Å². The van der Waals surface area contributed by atoms with Gasteiger partial charge in [0.2, 0.25) is 5.91 Å². The lowest BCUT2D eigenvalue weighted by atomic mass is 10.2. The molecular weight excluding hydrogens is 252 g/mol. The van der Waals surface area contributed by atoms with E-state index < -0.39 is 0 Å². The normalized spacial score (nSPS) is 15.8. The minimum absolute atomic E-state index is 0. The largest absolute Gasteiger partial charge is 1.00 e. The van der Waals surface area contributed by atoms with Crippen LogP contribution < -0.4 is 22.6 Å². The fourth-order valence-electron chi connectivity index (χ4n) is 1.95. The Labute approximate surface area is 114 Å². The van der Waals surface area contributed by atoms with Gasteiger partial charge in [0.05, 0.1) is 13.2 Å². The van der Waals surface area contributed by atoms with E-state index >= 15 is 0 Å². The summed E-state index contributed by atoms with van der Waals surface area (Å²) in [6.07, 6.45) is 0.510. The standard InChI is InChI=1S/C13H18N2O2.ClH/c1-2-13(16)14-11-3-5-12(6-4-11)15-7-9-17-10-8-15;/h3-6H,2,7-10H2,1H3,(H,14,16);1H. The first-order chi connectivity index (χ1) is 8.29. The van der Waals surface area contributed by atoms with E-state index in [-0.39, 0.29) is 18.3 Å². The molecule has 1 aliphatic rings. The van der Waals surface area contributed by atoms with Gasteiger partial charge in [-0.1, -0.05) is 6.92 Å². The van der Waals surface area contributed by atoms with Crippen LogP contribution in [0.4, 0.5) is 11.4 Å². The number of amides is 1. The highest BCUT2D eigenvalue weighted by molar-refractivity contribution is 5.90. The first kappa shape index (κ1) is 15.0.